The summed E-state index contributed by atoms with van der Waals surface area (Å²) in [5.74, 6) is 0.889. The van der Waals surface area contributed by atoms with Gasteiger partial charge in [-0.25, -0.2) is 0 Å². The van der Waals surface area contributed by atoms with Crippen LogP contribution in [0.1, 0.15) is 0 Å². The van der Waals surface area contributed by atoms with Crippen LogP contribution in [0.4, 0.5) is 0 Å². The van der Waals surface area contributed by atoms with E-state index in [2.05, 4.69) is 89.2 Å². The molecule has 0 saturated carbocycles. The lowest BCUT2D eigenvalue weighted by atomic mass is 10.1. The molecular weight excluding hydrogens is 522 g/mol. The van der Waals surface area contributed by atoms with Crippen molar-refractivity contribution in [2.75, 3.05) is 39.5 Å². The zero-order valence-electron chi connectivity index (χ0n) is 16.8. The van der Waals surface area contributed by atoms with E-state index in [0.717, 1.165) is 69.6 Å². The van der Waals surface area contributed by atoms with Gasteiger partial charge in [-0.3, -0.25) is 4.90 Å². The molecule has 0 unspecified atom stereocenters. The summed E-state index contributed by atoms with van der Waals surface area (Å²) in [7, 11) is 0. The van der Waals surface area contributed by atoms with Gasteiger partial charge in [-0.1, -0.05) is 31.9 Å². The summed E-state index contributed by atoms with van der Waals surface area (Å²) in [4.78, 5) is 9.60. The molecule has 2 N–H and O–H groups in total. The third-order valence-electron chi connectivity index (χ3n) is 6.10. The van der Waals surface area contributed by atoms with Crippen molar-refractivity contribution in [2.24, 2.45) is 0 Å². The maximum absolute atomic E-state index is 6.49. The number of nitrogens with one attached hydrogen (secondary N) is 2. The molecule has 0 radical (unpaired) electrons. The molecule has 0 amide bonds. The molecule has 3 heterocycles. The van der Waals surface area contributed by atoms with Crippen molar-refractivity contribution < 1.29 is 9.47 Å². The van der Waals surface area contributed by atoms with E-state index in [0.29, 0.717) is 6.61 Å². The minimum atomic E-state index is 0.631. The second-order valence-electron chi connectivity index (χ2n) is 7.98. The minimum absolute atomic E-state index is 0.631. The number of rotatable bonds is 4. The molecule has 1 saturated heterocycles. The van der Waals surface area contributed by atoms with Crippen molar-refractivity contribution in [3.63, 3.8) is 0 Å². The van der Waals surface area contributed by atoms with E-state index in [4.69, 9.17) is 9.47 Å². The van der Waals surface area contributed by atoms with Crippen molar-refractivity contribution in [1.29, 1.82) is 0 Å². The summed E-state index contributed by atoms with van der Waals surface area (Å²) in [5.41, 5.74) is 4.28. The molecule has 1 aliphatic heterocycles. The summed E-state index contributed by atoms with van der Waals surface area (Å²) in [6.07, 6.45) is 0. The molecule has 0 bridgehead atoms. The quantitative estimate of drug-likeness (QED) is 0.284. The lowest BCUT2D eigenvalue weighted by Crippen LogP contribution is -2.38. The number of fused-ring (bicyclic) bond motifs is 6. The number of ether oxygens (including phenoxy) is 2. The molecule has 0 aliphatic carbocycles. The highest BCUT2D eigenvalue weighted by molar-refractivity contribution is 9.10. The normalized spacial score (nSPS) is 15.5. The van der Waals surface area contributed by atoms with Gasteiger partial charge in [0.05, 0.1) is 24.2 Å². The predicted molar refractivity (Wildman–Crippen MR) is 133 cm³/mol. The number of aromatic nitrogens is 2. The van der Waals surface area contributed by atoms with Crippen LogP contribution in [0.15, 0.2) is 51.4 Å². The SMILES string of the molecule is Brc1ccc2[nH]c3c(OCCN4CCOCC4)c4[nH]c5ccc(Br)cc5c4cc3c2c1. The first-order chi connectivity index (χ1) is 15.2. The number of benzene rings is 3. The molecule has 0 atom stereocenters. The van der Waals surface area contributed by atoms with Gasteiger partial charge < -0.3 is 19.4 Å². The second kappa shape index (κ2) is 7.81. The highest BCUT2D eigenvalue weighted by Crippen LogP contribution is 2.41. The molecular formula is C24H21Br2N3O2. The van der Waals surface area contributed by atoms with E-state index in [1.807, 2.05) is 0 Å². The van der Waals surface area contributed by atoms with Gasteiger partial charge in [0.1, 0.15) is 6.61 Å². The first kappa shape index (κ1) is 19.6. The molecule has 6 rings (SSSR count). The fraction of sp³-hybridized carbons (Fsp3) is 0.250. The van der Waals surface area contributed by atoms with Crippen LogP contribution < -0.4 is 4.74 Å². The Morgan fingerprint density at radius 1 is 0.806 bits per heavy atom. The van der Waals surface area contributed by atoms with Crippen LogP contribution in [0, 0.1) is 0 Å². The molecule has 2 aromatic heterocycles. The maximum Gasteiger partial charge on any atom is 0.167 e. The van der Waals surface area contributed by atoms with Crippen molar-refractivity contribution >= 4 is 75.5 Å². The van der Waals surface area contributed by atoms with E-state index in [-0.39, 0.29) is 0 Å². The van der Waals surface area contributed by atoms with Crippen LogP contribution in [-0.2, 0) is 4.74 Å². The van der Waals surface area contributed by atoms with Gasteiger partial charge in [0.15, 0.2) is 5.75 Å². The fourth-order valence-corrected chi connectivity index (χ4v) is 5.27. The lowest BCUT2D eigenvalue weighted by Gasteiger charge is -2.26. The smallest absolute Gasteiger partial charge is 0.167 e. The number of nitrogens with zero attached hydrogens (tertiary/aromatic N) is 1. The Labute approximate surface area is 195 Å². The molecule has 0 spiro atoms. The Balaban J connectivity index is 1.53. The Morgan fingerprint density at radius 3 is 1.97 bits per heavy atom. The lowest BCUT2D eigenvalue weighted by molar-refractivity contribution is 0.0324. The van der Waals surface area contributed by atoms with E-state index < -0.39 is 0 Å². The topological polar surface area (TPSA) is 53.3 Å². The maximum atomic E-state index is 6.49. The van der Waals surface area contributed by atoms with Gasteiger partial charge in [-0.15, -0.1) is 0 Å². The van der Waals surface area contributed by atoms with Crippen molar-refractivity contribution in [3.05, 3.63) is 51.4 Å². The molecule has 31 heavy (non-hydrogen) atoms. The number of H-pyrrole nitrogens is 2. The third-order valence-corrected chi connectivity index (χ3v) is 7.09. The minimum Gasteiger partial charge on any atom is -0.488 e. The zero-order valence-corrected chi connectivity index (χ0v) is 20.0. The Hall–Kier alpha value is -2.06. The van der Waals surface area contributed by atoms with Crippen LogP contribution >= 0.6 is 31.9 Å². The van der Waals surface area contributed by atoms with Crippen molar-refractivity contribution in [3.8, 4) is 5.75 Å². The standard InChI is InChI=1S/C24H21Br2N3O2/c25-14-1-3-20-16(11-14)18-13-19-17-12-15(26)2-4-21(17)28-23(19)24(22(18)27-20)31-10-7-29-5-8-30-9-6-29/h1-4,11-13,27-28H,5-10H2. The monoisotopic (exact) mass is 541 g/mol. The summed E-state index contributed by atoms with van der Waals surface area (Å²) < 4.78 is 14.1. The number of hydrogen-bond donors (Lipinski definition) is 2. The molecule has 5 aromatic rings. The Kier molecular flexibility index (Phi) is 4.94. The molecule has 5 nitrogen and oxygen atoms in total. The first-order valence-corrected chi connectivity index (χ1v) is 12.0. The molecule has 7 heteroatoms. The number of halogens is 2. The third kappa shape index (κ3) is 3.44. The van der Waals surface area contributed by atoms with E-state index in [1.54, 1.807) is 0 Å². The van der Waals surface area contributed by atoms with Crippen molar-refractivity contribution in [1.82, 2.24) is 14.9 Å². The summed E-state index contributed by atoms with van der Waals surface area (Å²) in [5, 5.41) is 4.72. The largest absolute Gasteiger partial charge is 0.488 e. The molecule has 1 fully saturated rings. The van der Waals surface area contributed by atoms with Gasteiger partial charge in [0.25, 0.3) is 0 Å². The predicted octanol–water partition coefficient (Wildman–Crippen LogP) is 6.19. The highest BCUT2D eigenvalue weighted by atomic mass is 79.9. The average Bonchev–Trinajstić information content (AvgIpc) is 3.32. The van der Waals surface area contributed by atoms with Crippen LogP contribution in [0.25, 0.3) is 43.6 Å². The van der Waals surface area contributed by atoms with Gasteiger partial charge >= 0.3 is 0 Å². The summed E-state index contributed by atoms with van der Waals surface area (Å²) in [6, 6.07) is 15.0. The van der Waals surface area contributed by atoms with E-state index in [1.165, 1.54) is 21.5 Å². The summed E-state index contributed by atoms with van der Waals surface area (Å²) >= 11 is 7.25. The zero-order chi connectivity index (χ0) is 20.9. The van der Waals surface area contributed by atoms with E-state index in [9.17, 15) is 0 Å². The van der Waals surface area contributed by atoms with Crippen LogP contribution in [0.2, 0.25) is 0 Å². The van der Waals surface area contributed by atoms with Crippen LogP contribution in [-0.4, -0.2) is 54.3 Å². The average molecular weight is 543 g/mol. The first-order valence-electron chi connectivity index (χ1n) is 10.5. The number of aromatic amines is 2. The number of morpholine rings is 1. The van der Waals surface area contributed by atoms with Gasteiger partial charge in [0.2, 0.25) is 0 Å². The van der Waals surface area contributed by atoms with Gasteiger partial charge in [-0.2, -0.15) is 0 Å². The van der Waals surface area contributed by atoms with Crippen LogP contribution in [0.3, 0.4) is 0 Å². The van der Waals surface area contributed by atoms with Crippen LogP contribution in [0.5, 0.6) is 5.75 Å². The molecule has 1 aliphatic rings. The van der Waals surface area contributed by atoms with Crippen molar-refractivity contribution in [2.45, 2.75) is 0 Å². The second-order valence-corrected chi connectivity index (χ2v) is 9.81. The Bertz CT molecular complexity index is 1340. The summed E-state index contributed by atoms with van der Waals surface area (Å²) in [6.45, 7) is 5.04. The number of hydrogen-bond acceptors (Lipinski definition) is 3. The Morgan fingerprint density at radius 2 is 1.39 bits per heavy atom. The highest BCUT2D eigenvalue weighted by Gasteiger charge is 2.18. The van der Waals surface area contributed by atoms with Gasteiger partial charge in [0, 0.05) is 61.2 Å². The van der Waals surface area contributed by atoms with Gasteiger partial charge in [-0.05, 0) is 42.5 Å². The van der Waals surface area contributed by atoms with E-state index >= 15 is 0 Å². The molecule has 158 valence electrons. The fourth-order valence-electron chi connectivity index (χ4n) is 4.54. The molecule has 3 aromatic carbocycles.